The number of hydrogen-bond donors (Lipinski definition) is 1. The highest BCUT2D eigenvalue weighted by atomic mass is 32.1. The number of rotatable bonds is 4. The summed E-state index contributed by atoms with van der Waals surface area (Å²) in [5.74, 6) is -0.220. The molecule has 1 aliphatic rings. The highest BCUT2D eigenvalue weighted by Gasteiger charge is 2.26. The van der Waals surface area contributed by atoms with E-state index >= 15 is 0 Å². The minimum absolute atomic E-state index is 0.0295. The van der Waals surface area contributed by atoms with Crippen LogP contribution >= 0.6 is 11.3 Å². The molecule has 1 aromatic heterocycles. The van der Waals surface area contributed by atoms with Crippen LogP contribution in [0.5, 0.6) is 0 Å². The molecule has 0 bridgehead atoms. The smallest absolute Gasteiger partial charge is 0.305 e. The van der Waals surface area contributed by atoms with Crippen LogP contribution in [0, 0.1) is 0 Å². The Bertz CT molecular complexity index is 397. The average molecular weight is 258 g/mol. The molecule has 0 aliphatic carbocycles. The maximum Gasteiger partial charge on any atom is 0.305 e. The average Bonchev–Trinajstić information content (AvgIpc) is 2.94. The van der Waals surface area contributed by atoms with Crippen molar-refractivity contribution in [3.05, 3.63) is 16.1 Å². The molecule has 2 rings (SSSR count). The Morgan fingerprint density at radius 3 is 3.24 bits per heavy atom. The molecular weight excluding hydrogens is 243 g/mol. The number of aromatic nitrogens is 1. The van der Waals surface area contributed by atoms with Crippen molar-refractivity contribution in [2.24, 2.45) is 0 Å². The van der Waals surface area contributed by atoms with E-state index in [4.69, 9.17) is 0 Å². The number of alkyl halides is 1. The molecule has 1 fully saturated rings. The number of methoxy groups -OCH3 is 1. The van der Waals surface area contributed by atoms with E-state index in [1.807, 2.05) is 0 Å². The molecule has 2 atom stereocenters. The first-order valence-corrected chi connectivity index (χ1v) is 6.39. The van der Waals surface area contributed by atoms with E-state index in [0.717, 1.165) is 9.88 Å². The van der Waals surface area contributed by atoms with Gasteiger partial charge in [-0.3, -0.25) is 4.79 Å². The van der Waals surface area contributed by atoms with Gasteiger partial charge in [0.05, 0.1) is 19.6 Å². The van der Waals surface area contributed by atoms with Crippen LogP contribution < -0.4 is 5.32 Å². The molecule has 1 N–H and O–H groups in total. The van der Waals surface area contributed by atoms with Gasteiger partial charge < -0.3 is 10.1 Å². The van der Waals surface area contributed by atoms with Crippen LogP contribution in [0.4, 0.5) is 4.39 Å². The van der Waals surface area contributed by atoms with Crippen molar-refractivity contribution in [2.45, 2.75) is 31.5 Å². The fraction of sp³-hybridized carbons (Fsp3) is 0.636. The number of carbonyl (C=O) groups is 1. The van der Waals surface area contributed by atoms with Gasteiger partial charge in [0.25, 0.3) is 0 Å². The summed E-state index contributed by atoms with van der Waals surface area (Å²) in [6.45, 7) is 0.405. The predicted octanol–water partition coefficient (Wildman–Crippen LogP) is 1.62. The van der Waals surface area contributed by atoms with Crippen molar-refractivity contribution in [1.29, 1.82) is 0 Å². The van der Waals surface area contributed by atoms with Crippen molar-refractivity contribution >= 4 is 17.3 Å². The standard InChI is InChI=1S/C11H15FN2O2S/c1-16-10(15)3-2-8-6-14-11(17-8)9-4-7(12)5-13-9/h6-7,9,13H,2-5H2,1H3/t7-,9-/m0/s1. The van der Waals surface area contributed by atoms with Gasteiger partial charge >= 0.3 is 5.97 Å². The van der Waals surface area contributed by atoms with Gasteiger partial charge in [-0.05, 0) is 6.42 Å². The number of ether oxygens (including phenoxy) is 1. The van der Waals surface area contributed by atoms with E-state index in [2.05, 4.69) is 15.0 Å². The zero-order chi connectivity index (χ0) is 12.3. The van der Waals surface area contributed by atoms with Crippen molar-refractivity contribution in [1.82, 2.24) is 10.3 Å². The van der Waals surface area contributed by atoms with E-state index < -0.39 is 6.17 Å². The second kappa shape index (κ2) is 5.55. The first kappa shape index (κ1) is 12.4. The number of aryl methyl sites for hydroxylation is 1. The highest BCUT2D eigenvalue weighted by Crippen LogP contribution is 2.28. The molecular formula is C11H15FN2O2S. The number of esters is 1. The summed E-state index contributed by atoms with van der Waals surface area (Å²) in [5.41, 5.74) is 0. The van der Waals surface area contributed by atoms with Crippen LogP contribution in [0.3, 0.4) is 0 Å². The lowest BCUT2D eigenvalue weighted by atomic mass is 10.2. The van der Waals surface area contributed by atoms with Crippen molar-refractivity contribution in [2.75, 3.05) is 13.7 Å². The Morgan fingerprint density at radius 2 is 2.59 bits per heavy atom. The fourth-order valence-electron chi connectivity index (χ4n) is 1.81. The molecule has 1 aliphatic heterocycles. The van der Waals surface area contributed by atoms with Crippen LogP contribution in [-0.4, -0.2) is 30.8 Å². The Balaban J connectivity index is 1.89. The molecule has 0 aromatic carbocycles. The van der Waals surface area contributed by atoms with Gasteiger partial charge in [0.2, 0.25) is 0 Å². The molecule has 1 saturated heterocycles. The minimum Gasteiger partial charge on any atom is -0.469 e. The molecule has 2 heterocycles. The molecule has 0 spiro atoms. The number of halogens is 1. The largest absolute Gasteiger partial charge is 0.469 e. The summed E-state index contributed by atoms with van der Waals surface area (Å²) in [5, 5.41) is 4.00. The lowest BCUT2D eigenvalue weighted by Crippen LogP contribution is -2.13. The summed E-state index contributed by atoms with van der Waals surface area (Å²) >= 11 is 1.54. The molecule has 94 valence electrons. The van der Waals surface area contributed by atoms with Gasteiger partial charge in [0.1, 0.15) is 11.2 Å². The minimum atomic E-state index is -0.776. The second-order valence-corrected chi connectivity index (χ2v) is 5.18. The molecule has 4 nitrogen and oxygen atoms in total. The Labute approximate surface area is 103 Å². The summed E-state index contributed by atoms with van der Waals surface area (Å²) in [6.07, 6.45) is 2.47. The van der Waals surface area contributed by atoms with Gasteiger partial charge in [0, 0.05) is 24.0 Å². The number of hydrogen-bond acceptors (Lipinski definition) is 5. The molecule has 17 heavy (non-hydrogen) atoms. The van der Waals surface area contributed by atoms with Gasteiger partial charge in [0.15, 0.2) is 0 Å². The van der Waals surface area contributed by atoms with Crippen molar-refractivity contribution in [3.8, 4) is 0 Å². The monoisotopic (exact) mass is 258 g/mol. The second-order valence-electron chi connectivity index (χ2n) is 4.03. The molecule has 0 amide bonds. The summed E-state index contributed by atoms with van der Waals surface area (Å²) in [7, 11) is 1.38. The summed E-state index contributed by atoms with van der Waals surface area (Å²) < 4.78 is 17.6. The third kappa shape index (κ3) is 3.23. The van der Waals surface area contributed by atoms with Crippen molar-refractivity contribution < 1.29 is 13.9 Å². The number of nitrogens with zero attached hydrogens (tertiary/aromatic N) is 1. The van der Waals surface area contributed by atoms with Crippen LogP contribution in [0.2, 0.25) is 0 Å². The normalized spacial score (nSPS) is 23.9. The van der Waals surface area contributed by atoms with Gasteiger partial charge in [-0.2, -0.15) is 0 Å². The molecule has 1 aromatic rings. The zero-order valence-corrected chi connectivity index (χ0v) is 10.4. The maximum absolute atomic E-state index is 13.0. The SMILES string of the molecule is COC(=O)CCc1cnc([C@@H]2C[C@H](F)CN2)s1. The van der Waals surface area contributed by atoms with Gasteiger partial charge in [-0.1, -0.05) is 0 Å². The van der Waals surface area contributed by atoms with Gasteiger partial charge in [-0.25, -0.2) is 9.37 Å². The Morgan fingerprint density at radius 1 is 1.76 bits per heavy atom. The van der Waals surface area contributed by atoms with Crippen LogP contribution in [0.25, 0.3) is 0 Å². The van der Waals surface area contributed by atoms with Crippen LogP contribution in [-0.2, 0) is 16.0 Å². The third-order valence-electron chi connectivity index (χ3n) is 2.75. The van der Waals surface area contributed by atoms with E-state index in [0.29, 0.717) is 25.8 Å². The van der Waals surface area contributed by atoms with E-state index in [1.165, 1.54) is 18.4 Å². The fourth-order valence-corrected chi connectivity index (χ4v) is 2.81. The molecule has 0 saturated carbocycles. The van der Waals surface area contributed by atoms with E-state index in [9.17, 15) is 9.18 Å². The van der Waals surface area contributed by atoms with Crippen LogP contribution in [0.15, 0.2) is 6.20 Å². The highest BCUT2D eigenvalue weighted by molar-refractivity contribution is 7.11. The predicted molar refractivity (Wildman–Crippen MR) is 62.7 cm³/mol. The maximum atomic E-state index is 13.0. The van der Waals surface area contributed by atoms with E-state index in [-0.39, 0.29) is 12.0 Å². The van der Waals surface area contributed by atoms with Crippen LogP contribution in [0.1, 0.15) is 28.8 Å². The topological polar surface area (TPSA) is 51.2 Å². The zero-order valence-electron chi connectivity index (χ0n) is 9.61. The van der Waals surface area contributed by atoms with Crippen molar-refractivity contribution in [3.63, 3.8) is 0 Å². The number of carbonyl (C=O) groups excluding carboxylic acids is 1. The van der Waals surface area contributed by atoms with E-state index in [1.54, 1.807) is 6.20 Å². The Kier molecular flexibility index (Phi) is 4.06. The molecule has 6 heteroatoms. The lowest BCUT2D eigenvalue weighted by Gasteiger charge is -2.03. The lowest BCUT2D eigenvalue weighted by molar-refractivity contribution is -0.140. The Hall–Kier alpha value is -1.01. The molecule has 0 radical (unpaired) electrons. The number of nitrogens with one attached hydrogen (secondary N) is 1. The first-order valence-electron chi connectivity index (χ1n) is 5.58. The summed E-state index contributed by atoms with van der Waals surface area (Å²) in [6, 6.07) is 0.0295. The number of thiazole rings is 1. The quantitative estimate of drug-likeness (QED) is 0.834. The third-order valence-corrected chi connectivity index (χ3v) is 3.92. The first-order chi connectivity index (χ1) is 8.19. The summed E-state index contributed by atoms with van der Waals surface area (Å²) in [4.78, 5) is 16.3. The molecule has 0 unspecified atom stereocenters. The van der Waals surface area contributed by atoms with Gasteiger partial charge in [-0.15, -0.1) is 11.3 Å².